The summed E-state index contributed by atoms with van der Waals surface area (Å²) >= 11 is 0. The van der Waals surface area contributed by atoms with E-state index in [1.54, 1.807) is 44.2 Å². The number of rotatable bonds is 4. The van der Waals surface area contributed by atoms with Gasteiger partial charge in [-0.25, -0.2) is 4.98 Å². The standard InChI is InChI=1S/C19H18F3N3O/c1-11(13-6-5-7-14(10-13)19(20,21)22)23-12(2)17-24-16-9-4-3-8-15(16)18(26)25-17/h3-12,23H,1-2H3,(H,24,25,26)/t11-,12+/m1/s1. The first-order chi connectivity index (χ1) is 12.3. The summed E-state index contributed by atoms with van der Waals surface area (Å²) < 4.78 is 38.6. The topological polar surface area (TPSA) is 57.8 Å². The number of hydrogen-bond donors (Lipinski definition) is 2. The third-order valence-electron chi connectivity index (χ3n) is 4.26. The second-order valence-corrected chi connectivity index (χ2v) is 6.20. The van der Waals surface area contributed by atoms with Gasteiger partial charge in [0, 0.05) is 6.04 Å². The molecule has 0 aliphatic heterocycles. The molecule has 2 atom stereocenters. The number of halogens is 3. The van der Waals surface area contributed by atoms with E-state index in [0.717, 1.165) is 12.1 Å². The van der Waals surface area contributed by atoms with Gasteiger partial charge in [0.05, 0.1) is 22.5 Å². The van der Waals surface area contributed by atoms with E-state index in [2.05, 4.69) is 15.3 Å². The molecule has 7 heteroatoms. The summed E-state index contributed by atoms with van der Waals surface area (Å²) in [5.41, 5.74) is 0.154. The van der Waals surface area contributed by atoms with Crippen LogP contribution in [0.15, 0.2) is 53.3 Å². The van der Waals surface area contributed by atoms with Gasteiger partial charge in [-0.05, 0) is 43.7 Å². The largest absolute Gasteiger partial charge is 0.416 e. The van der Waals surface area contributed by atoms with Crippen LogP contribution < -0.4 is 10.9 Å². The van der Waals surface area contributed by atoms with E-state index in [1.165, 1.54) is 6.07 Å². The lowest BCUT2D eigenvalue weighted by Gasteiger charge is -2.21. The summed E-state index contributed by atoms with van der Waals surface area (Å²) in [4.78, 5) is 19.3. The molecule has 2 aromatic carbocycles. The van der Waals surface area contributed by atoms with E-state index < -0.39 is 11.7 Å². The molecule has 0 aliphatic rings. The van der Waals surface area contributed by atoms with Gasteiger partial charge in [-0.3, -0.25) is 4.79 Å². The summed E-state index contributed by atoms with van der Waals surface area (Å²) in [7, 11) is 0. The molecule has 0 unspecified atom stereocenters. The van der Waals surface area contributed by atoms with Gasteiger partial charge in [-0.1, -0.05) is 24.3 Å². The van der Waals surface area contributed by atoms with Gasteiger partial charge in [0.15, 0.2) is 0 Å². The van der Waals surface area contributed by atoms with Crippen LogP contribution in [0, 0.1) is 0 Å². The number of para-hydroxylation sites is 1. The van der Waals surface area contributed by atoms with Crippen LogP contribution >= 0.6 is 0 Å². The number of benzene rings is 2. The quantitative estimate of drug-likeness (QED) is 0.726. The molecule has 0 amide bonds. The second kappa shape index (κ2) is 6.92. The molecule has 136 valence electrons. The first-order valence-corrected chi connectivity index (χ1v) is 8.18. The highest BCUT2D eigenvalue weighted by molar-refractivity contribution is 5.77. The monoisotopic (exact) mass is 361 g/mol. The lowest BCUT2D eigenvalue weighted by molar-refractivity contribution is -0.137. The van der Waals surface area contributed by atoms with Crippen molar-refractivity contribution in [3.8, 4) is 0 Å². The molecule has 0 saturated carbocycles. The number of alkyl halides is 3. The Morgan fingerprint density at radius 1 is 1.04 bits per heavy atom. The highest BCUT2D eigenvalue weighted by Crippen LogP contribution is 2.31. The molecule has 0 saturated heterocycles. The Kier molecular flexibility index (Phi) is 4.82. The van der Waals surface area contributed by atoms with Crippen LogP contribution in [0.5, 0.6) is 0 Å². The molecule has 3 rings (SSSR count). The summed E-state index contributed by atoms with van der Waals surface area (Å²) in [6.45, 7) is 3.57. The highest BCUT2D eigenvalue weighted by Gasteiger charge is 2.30. The van der Waals surface area contributed by atoms with Crippen molar-refractivity contribution in [1.29, 1.82) is 0 Å². The van der Waals surface area contributed by atoms with Gasteiger partial charge in [-0.2, -0.15) is 13.2 Å². The molecular weight excluding hydrogens is 343 g/mol. The fourth-order valence-electron chi connectivity index (χ4n) is 2.84. The van der Waals surface area contributed by atoms with Crippen LogP contribution in [0.4, 0.5) is 13.2 Å². The Labute approximate surface area is 148 Å². The summed E-state index contributed by atoms with van der Waals surface area (Å²) in [5, 5.41) is 3.68. The normalized spacial score (nSPS) is 14.3. The van der Waals surface area contributed by atoms with E-state index >= 15 is 0 Å². The number of nitrogens with zero attached hydrogens (tertiary/aromatic N) is 1. The maximum atomic E-state index is 12.9. The Morgan fingerprint density at radius 2 is 1.77 bits per heavy atom. The average Bonchev–Trinajstić information content (AvgIpc) is 2.61. The fraction of sp³-hybridized carbons (Fsp3) is 0.263. The predicted octanol–water partition coefficient (Wildman–Crippen LogP) is 4.35. The molecule has 0 aliphatic carbocycles. The fourth-order valence-corrected chi connectivity index (χ4v) is 2.84. The number of H-pyrrole nitrogens is 1. The number of fused-ring (bicyclic) bond motifs is 1. The number of aromatic amines is 1. The van der Waals surface area contributed by atoms with Crippen molar-refractivity contribution in [3.05, 3.63) is 75.8 Å². The van der Waals surface area contributed by atoms with Crippen LogP contribution in [-0.4, -0.2) is 9.97 Å². The predicted molar refractivity (Wildman–Crippen MR) is 93.8 cm³/mol. The number of hydrogen-bond acceptors (Lipinski definition) is 3. The van der Waals surface area contributed by atoms with Crippen molar-refractivity contribution in [1.82, 2.24) is 15.3 Å². The second-order valence-electron chi connectivity index (χ2n) is 6.20. The van der Waals surface area contributed by atoms with Crippen molar-refractivity contribution in [3.63, 3.8) is 0 Å². The zero-order valence-corrected chi connectivity index (χ0v) is 14.3. The van der Waals surface area contributed by atoms with E-state index in [9.17, 15) is 18.0 Å². The lowest BCUT2D eigenvalue weighted by Crippen LogP contribution is -2.26. The van der Waals surface area contributed by atoms with Crippen molar-refractivity contribution in [2.45, 2.75) is 32.1 Å². The van der Waals surface area contributed by atoms with E-state index in [1.807, 2.05) is 0 Å². The minimum atomic E-state index is -4.38. The van der Waals surface area contributed by atoms with E-state index in [-0.39, 0.29) is 17.6 Å². The molecule has 3 aromatic rings. The molecule has 4 nitrogen and oxygen atoms in total. The van der Waals surface area contributed by atoms with E-state index in [0.29, 0.717) is 22.3 Å². The van der Waals surface area contributed by atoms with Crippen LogP contribution in [0.1, 0.15) is 42.9 Å². The van der Waals surface area contributed by atoms with Gasteiger partial charge in [-0.15, -0.1) is 0 Å². The van der Waals surface area contributed by atoms with Gasteiger partial charge in [0.1, 0.15) is 5.82 Å². The Bertz CT molecular complexity index is 981. The Morgan fingerprint density at radius 3 is 2.50 bits per heavy atom. The van der Waals surface area contributed by atoms with Crippen LogP contribution in [-0.2, 0) is 6.18 Å². The highest BCUT2D eigenvalue weighted by atomic mass is 19.4. The first-order valence-electron chi connectivity index (χ1n) is 8.18. The number of nitrogens with one attached hydrogen (secondary N) is 2. The molecule has 1 heterocycles. The molecule has 0 fully saturated rings. The van der Waals surface area contributed by atoms with Gasteiger partial charge in [0.2, 0.25) is 0 Å². The smallest absolute Gasteiger partial charge is 0.309 e. The molecule has 0 spiro atoms. The zero-order valence-electron chi connectivity index (χ0n) is 14.3. The summed E-state index contributed by atoms with van der Waals surface area (Å²) in [5.74, 6) is 0.438. The van der Waals surface area contributed by atoms with Crippen LogP contribution in [0.25, 0.3) is 10.9 Å². The van der Waals surface area contributed by atoms with Crippen molar-refractivity contribution in [2.24, 2.45) is 0 Å². The first kappa shape index (κ1) is 18.1. The minimum absolute atomic E-state index is 0.244. The SMILES string of the molecule is C[C@H](N[C@H](C)c1cccc(C(F)(F)F)c1)c1nc2ccccc2c(=O)[nH]1. The molecule has 26 heavy (non-hydrogen) atoms. The van der Waals surface area contributed by atoms with Gasteiger partial charge < -0.3 is 10.3 Å². The summed E-state index contributed by atoms with van der Waals surface area (Å²) in [6.07, 6.45) is -4.38. The zero-order chi connectivity index (χ0) is 18.9. The Balaban J connectivity index is 1.84. The molecule has 0 radical (unpaired) electrons. The Hall–Kier alpha value is -2.67. The molecular formula is C19H18F3N3O. The maximum absolute atomic E-state index is 12.9. The average molecular weight is 361 g/mol. The maximum Gasteiger partial charge on any atom is 0.416 e. The molecule has 0 bridgehead atoms. The number of aromatic nitrogens is 2. The summed E-state index contributed by atoms with van der Waals surface area (Å²) in [6, 6.07) is 11.5. The van der Waals surface area contributed by atoms with Crippen molar-refractivity contribution >= 4 is 10.9 Å². The third kappa shape index (κ3) is 3.77. The van der Waals surface area contributed by atoms with Crippen LogP contribution in [0.2, 0.25) is 0 Å². The van der Waals surface area contributed by atoms with E-state index in [4.69, 9.17) is 0 Å². The lowest BCUT2D eigenvalue weighted by atomic mass is 10.0. The van der Waals surface area contributed by atoms with Crippen molar-refractivity contribution in [2.75, 3.05) is 0 Å². The molecule has 2 N–H and O–H groups in total. The third-order valence-corrected chi connectivity index (χ3v) is 4.26. The van der Waals surface area contributed by atoms with Crippen LogP contribution in [0.3, 0.4) is 0 Å². The van der Waals surface area contributed by atoms with Gasteiger partial charge in [0.25, 0.3) is 5.56 Å². The van der Waals surface area contributed by atoms with Gasteiger partial charge >= 0.3 is 6.18 Å². The minimum Gasteiger partial charge on any atom is -0.309 e. The van der Waals surface area contributed by atoms with Crippen molar-refractivity contribution < 1.29 is 13.2 Å². The molecule has 1 aromatic heterocycles.